The van der Waals surface area contributed by atoms with Gasteiger partial charge in [0, 0.05) is 12.6 Å². The third-order valence-corrected chi connectivity index (χ3v) is 2.92. The maximum atomic E-state index is 4.56. The predicted octanol–water partition coefficient (Wildman–Crippen LogP) is 4.44. The Morgan fingerprint density at radius 2 is 2.00 bits per heavy atom. The highest BCUT2D eigenvalue weighted by Crippen LogP contribution is 2.26. The van der Waals surface area contributed by atoms with Crippen LogP contribution in [0, 0.1) is 0 Å². The van der Waals surface area contributed by atoms with E-state index in [1.165, 1.54) is 16.7 Å². The van der Waals surface area contributed by atoms with Gasteiger partial charge in [0.05, 0.1) is 5.54 Å². The van der Waals surface area contributed by atoms with Crippen molar-refractivity contribution in [3.05, 3.63) is 53.6 Å². The van der Waals surface area contributed by atoms with Crippen molar-refractivity contribution in [3.63, 3.8) is 0 Å². The Kier molecular flexibility index (Phi) is 3.81. The van der Waals surface area contributed by atoms with Crippen LogP contribution < -0.4 is 0 Å². The van der Waals surface area contributed by atoms with E-state index in [1.807, 2.05) is 6.21 Å². The quantitative estimate of drug-likeness (QED) is 0.691. The average molecular weight is 239 g/mol. The lowest BCUT2D eigenvalue weighted by Gasteiger charge is -2.12. The van der Waals surface area contributed by atoms with E-state index in [0.29, 0.717) is 0 Å². The van der Waals surface area contributed by atoms with Gasteiger partial charge in [0.1, 0.15) is 0 Å². The molecule has 0 atom stereocenters. The van der Waals surface area contributed by atoms with Gasteiger partial charge in [-0.15, -0.1) is 0 Å². The van der Waals surface area contributed by atoms with E-state index < -0.39 is 0 Å². The van der Waals surface area contributed by atoms with Crippen molar-refractivity contribution in [2.75, 3.05) is 0 Å². The van der Waals surface area contributed by atoms with Crippen LogP contribution in [0.5, 0.6) is 0 Å². The minimum absolute atomic E-state index is 0.0170. The molecule has 0 N–H and O–H groups in total. The number of aliphatic imine (C=N–C) groups is 1. The van der Waals surface area contributed by atoms with E-state index in [2.05, 4.69) is 68.3 Å². The van der Waals surface area contributed by atoms with Crippen LogP contribution in [0.4, 0.5) is 0 Å². The van der Waals surface area contributed by atoms with Crippen LogP contribution in [0.25, 0.3) is 5.57 Å². The van der Waals surface area contributed by atoms with Gasteiger partial charge in [-0.05, 0) is 43.9 Å². The molecule has 0 heterocycles. The Morgan fingerprint density at radius 3 is 2.67 bits per heavy atom. The first-order chi connectivity index (χ1) is 8.56. The fourth-order valence-electron chi connectivity index (χ4n) is 2.08. The van der Waals surface area contributed by atoms with Crippen molar-refractivity contribution < 1.29 is 0 Å². The van der Waals surface area contributed by atoms with Gasteiger partial charge >= 0.3 is 0 Å². The first-order valence-corrected chi connectivity index (χ1v) is 6.54. The number of hydrogen-bond acceptors (Lipinski definition) is 1. The maximum Gasteiger partial charge on any atom is 0.0520 e. The molecule has 0 unspecified atom stereocenters. The van der Waals surface area contributed by atoms with Gasteiger partial charge in [-0.3, -0.25) is 4.99 Å². The molecule has 0 spiro atoms. The molecule has 0 amide bonds. The minimum Gasteiger partial charge on any atom is -0.291 e. The predicted molar refractivity (Wildman–Crippen MR) is 80.1 cm³/mol. The van der Waals surface area contributed by atoms with Gasteiger partial charge in [-0.2, -0.15) is 0 Å². The second-order valence-electron chi connectivity index (χ2n) is 5.67. The molecule has 2 rings (SSSR count). The SMILES string of the molecule is CC(C)(C)N=CCc1ccccc1C1=CC=CC1. The smallest absolute Gasteiger partial charge is 0.0520 e. The number of nitrogens with zero attached hydrogens (tertiary/aromatic N) is 1. The van der Waals surface area contributed by atoms with E-state index in [4.69, 9.17) is 0 Å². The van der Waals surface area contributed by atoms with Crippen molar-refractivity contribution >= 4 is 11.8 Å². The summed E-state index contributed by atoms with van der Waals surface area (Å²) in [6.45, 7) is 6.37. The molecule has 1 aliphatic rings. The molecule has 0 aliphatic heterocycles. The highest BCUT2D eigenvalue weighted by Gasteiger charge is 2.08. The van der Waals surface area contributed by atoms with Crippen molar-refractivity contribution in [2.24, 2.45) is 4.99 Å². The van der Waals surface area contributed by atoms with Crippen LogP contribution in [0.2, 0.25) is 0 Å². The zero-order valence-electron chi connectivity index (χ0n) is 11.5. The molecule has 0 aromatic heterocycles. The molecule has 1 aromatic rings. The zero-order chi connectivity index (χ0) is 13.0. The number of allylic oxidation sites excluding steroid dienone is 4. The standard InChI is InChI=1S/C17H21N/c1-17(2,3)18-13-12-15-10-6-7-11-16(15)14-8-4-5-9-14/h4-8,10-11,13H,9,12H2,1-3H3. The number of benzene rings is 1. The van der Waals surface area contributed by atoms with E-state index in [9.17, 15) is 0 Å². The van der Waals surface area contributed by atoms with E-state index >= 15 is 0 Å². The zero-order valence-corrected chi connectivity index (χ0v) is 11.5. The molecule has 0 fully saturated rings. The third kappa shape index (κ3) is 3.43. The third-order valence-electron chi connectivity index (χ3n) is 2.92. The first-order valence-electron chi connectivity index (χ1n) is 6.54. The lowest BCUT2D eigenvalue weighted by atomic mass is 9.97. The van der Waals surface area contributed by atoms with Gasteiger partial charge in [0.25, 0.3) is 0 Å². The molecule has 18 heavy (non-hydrogen) atoms. The summed E-state index contributed by atoms with van der Waals surface area (Å²) in [5.74, 6) is 0. The largest absolute Gasteiger partial charge is 0.291 e. The molecule has 0 bridgehead atoms. The Hall–Kier alpha value is -1.63. The summed E-state index contributed by atoms with van der Waals surface area (Å²) >= 11 is 0. The molecule has 1 nitrogen and oxygen atoms in total. The van der Waals surface area contributed by atoms with Gasteiger partial charge < -0.3 is 0 Å². The molecule has 0 saturated carbocycles. The summed E-state index contributed by atoms with van der Waals surface area (Å²) in [6.07, 6.45) is 10.5. The summed E-state index contributed by atoms with van der Waals surface area (Å²) in [4.78, 5) is 4.56. The molecular weight excluding hydrogens is 218 g/mol. The van der Waals surface area contributed by atoms with Crippen molar-refractivity contribution in [2.45, 2.75) is 39.2 Å². The second kappa shape index (κ2) is 5.34. The van der Waals surface area contributed by atoms with Crippen LogP contribution in [-0.2, 0) is 6.42 Å². The monoisotopic (exact) mass is 239 g/mol. The molecule has 1 aliphatic carbocycles. The van der Waals surface area contributed by atoms with Gasteiger partial charge in [0.2, 0.25) is 0 Å². The molecule has 1 aromatic carbocycles. The molecule has 0 radical (unpaired) electrons. The fourth-order valence-corrected chi connectivity index (χ4v) is 2.08. The summed E-state index contributed by atoms with van der Waals surface area (Å²) in [5.41, 5.74) is 4.15. The second-order valence-corrected chi connectivity index (χ2v) is 5.67. The Labute approximate surface area is 110 Å². The van der Waals surface area contributed by atoms with Gasteiger partial charge in [-0.1, -0.05) is 42.5 Å². The van der Waals surface area contributed by atoms with E-state index in [1.54, 1.807) is 0 Å². The fraction of sp³-hybridized carbons (Fsp3) is 0.353. The number of rotatable bonds is 3. The van der Waals surface area contributed by atoms with Crippen LogP contribution in [0.3, 0.4) is 0 Å². The lowest BCUT2D eigenvalue weighted by molar-refractivity contribution is 0.585. The topological polar surface area (TPSA) is 12.4 Å². The summed E-state index contributed by atoms with van der Waals surface area (Å²) < 4.78 is 0. The highest BCUT2D eigenvalue weighted by atomic mass is 14.8. The van der Waals surface area contributed by atoms with Crippen LogP contribution in [-0.4, -0.2) is 11.8 Å². The van der Waals surface area contributed by atoms with E-state index in [0.717, 1.165) is 12.8 Å². The minimum atomic E-state index is 0.0170. The van der Waals surface area contributed by atoms with Crippen LogP contribution in [0.1, 0.15) is 38.3 Å². The van der Waals surface area contributed by atoms with Crippen molar-refractivity contribution in [3.8, 4) is 0 Å². The van der Waals surface area contributed by atoms with Gasteiger partial charge in [-0.25, -0.2) is 0 Å². The summed E-state index contributed by atoms with van der Waals surface area (Å²) in [6, 6.07) is 8.62. The molecule has 94 valence electrons. The normalized spacial score (nSPS) is 15.4. The highest BCUT2D eigenvalue weighted by molar-refractivity contribution is 5.75. The summed E-state index contributed by atoms with van der Waals surface area (Å²) in [7, 11) is 0. The number of hydrogen-bond donors (Lipinski definition) is 0. The lowest BCUT2D eigenvalue weighted by Crippen LogP contribution is -2.10. The van der Waals surface area contributed by atoms with E-state index in [-0.39, 0.29) is 5.54 Å². The average Bonchev–Trinajstić information content (AvgIpc) is 2.81. The summed E-state index contributed by atoms with van der Waals surface area (Å²) in [5, 5.41) is 0. The maximum absolute atomic E-state index is 4.56. The van der Waals surface area contributed by atoms with Crippen LogP contribution in [0.15, 0.2) is 47.5 Å². The molecular formula is C17H21N. The Balaban J connectivity index is 2.16. The first kappa shape index (κ1) is 12.8. The van der Waals surface area contributed by atoms with Crippen molar-refractivity contribution in [1.29, 1.82) is 0 Å². The molecule has 1 heteroatoms. The van der Waals surface area contributed by atoms with Crippen molar-refractivity contribution in [1.82, 2.24) is 0 Å². The Morgan fingerprint density at radius 1 is 1.22 bits per heavy atom. The van der Waals surface area contributed by atoms with Gasteiger partial charge in [0.15, 0.2) is 0 Å². The van der Waals surface area contributed by atoms with Crippen LogP contribution >= 0.6 is 0 Å². The molecule has 0 saturated heterocycles. The Bertz CT molecular complexity index is 499.